The van der Waals surface area contributed by atoms with E-state index >= 15 is 0 Å². The Morgan fingerprint density at radius 1 is 1.23 bits per heavy atom. The van der Waals surface area contributed by atoms with E-state index in [0.717, 1.165) is 24.8 Å². The maximum absolute atomic E-state index is 12.7. The van der Waals surface area contributed by atoms with Gasteiger partial charge in [-0.2, -0.15) is 0 Å². The number of hydrogen-bond donors (Lipinski definition) is 3. The quantitative estimate of drug-likeness (QED) is 0.676. The van der Waals surface area contributed by atoms with Crippen LogP contribution in [0.2, 0.25) is 0 Å². The molecule has 1 heterocycles. The minimum Gasteiger partial charge on any atom is -0.341 e. The van der Waals surface area contributed by atoms with Crippen LogP contribution in [0.25, 0.3) is 0 Å². The van der Waals surface area contributed by atoms with E-state index in [-0.39, 0.29) is 23.9 Å². The molecule has 0 radical (unpaired) electrons. The predicted molar refractivity (Wildman–Crippen MR) is 101 cm³/mol. The number of likely N-dealkylation sites (tertiary alicyclic amines) is 1. The summed E-state index contributed by atoms with van der Waals surface area (Å²) >= 11 is 0. The Kier molecular flexibility index (Phi) is 7.20. The van der Waals surface area contributed by atoms with E-state index in [0.29, 0.717) is 25.2 Å². The van der Waals surface area contributed by atoms with Crippen LogP contribution >= 0.6 is 0 Å². The molecule has 26 heavy (non-hydrogen) atoms. The number of amides is 4. The highest BCUT2D eigenvalue weighted by atomic mass is 16.2. The molecule has 1 saturated heterocycles. The van der Waals surface area contributed by atoms with Gasteiger partial charge in [-0.25, -0.2) is 4.79 Å². The summed E-state index contributed by atoms with van der Waals surface area (Å²) in [4.78, 5) is 37.3. The van der Waals surface area contributed by atoms with E-state index < -0.39 is 0 Å². The van der Waals surface area contributed by atoms with Gasteiger partial charge in [0.1, 0.15) is 0 Å². The van der Waals surface area contributed by atoms with Gasteiger partial charge in [-0.05, 0) is 43.0 Å². The molecule has 140 valence electrons. The Bertz CT molecular complexity index is 657. The first-order valence-electron chi connectivity index (χ1n) is 8.81. The topological polar surface area (TPSA) is 90.5 Å². The number of piperidine rings is 1. The SMILES string of the molecule is C=CC(=O)Nc1ccc(CC(=O)N2CCCCC2CNC(=O)NC)cc1. The Morgan fingerprint density at radius 2 is 1.96 bits per heavy atom. The largest absolute Gasteiger partial charge is 0.341 e. The molecule has 0 aliphatic carbocycles. The first kappa shape index (κ1) is 19.5. The maximum Gasteiger partial charge on any atom is 0.314 e. The predicted octanol–water partition coefficient (Wildman–Crippen LogP) is 1.66. The number of benzene rings is 1. The Morgan fingerprint density at radius 3 is 2.62 bits per heavy atom. The van der Waals surface area contributed by atoms with Gasteiger partial charge in [0.2, 0.25) is 11.8 Å². The van der Waals surface area contributed by atoms with Crippen LogP contribution in [-0.4, -0.2) is 48.9 Å². The lowest BCUT2D eigenvalue weighted by Crippen LogP contribution is -2.50. The summed E-state index contributed by atoms with van der Waals surface area (Å²) in [5.74, 6) is -0.218. The highest BCUT2D eigenvalue weighted by Gasteiger charge is 2.26. The first-order valence-corrected chi connectivity index (χ1v) is 8.81. The van der Waals surface area contributed by atoms with Gasteiger partial charge in [-0.15, -0.1) is 0 Å². The number of nitrogens with zero attached hydrogens (tertiary/aromatic N) is 1. The van der Waals surface area contributed by atoms with Crippen LogP contribution in [0.4, 0.5) is 10.5 Å². The molecule has 1 aromatic carbocycles. The number of carbonyl (C=O) groups is 3. The minimum absolute atomic E-state index is 0.0275. The highest BCUT2D eigenvalue weighted by molar-refractivity contribution is 5.98. The van der Waals surface area contributed by atoms with E-state index in [2.05, 4.69) is 22.5 Å². The zero-order chi connectivity index (χ0) is 18.9. The summed E-state index contributed by atoms with van der Waals surface area (Å²) in [6.07, 6.45) is 4.44. The molecule has 0 aromatic heterocycles. The molecular formula is C19H26N4O3. The third-order valence-electron chi connectivity index (χ3n) is 4.44. The lowest BCUT2D eigenvalue weighted by molar-refractivity contribution is -0.134. The molecule has 0 bridgehead atoms. The van der Waals surface area contributed by atoms with Crippen LogP contribution in [0.3, 0.4) is 0 Å². The van der Waals surface area contributed by atoms with Gasteiger partial charge in [0.15, 0.2) is 0 Å². The molecule has 0 saturated carbocycles. The second-order valence-corrected chi connectivity index (χ2v) is 6.26. The summed E-state index contributed by atoms with van der Waals surface area (Å²) in [7, 11) is 1.57. The third kappa shape index (κ3) is 5.61. The van der Waals surface area contributed by atoms with E-state index in [1.807, 2.05) is 17.0 Å². The average molecular weight is 358 g/mol. The molecule has 1 fully saturated rings. The normalized spacial score (nSPS) is 16.5. The fraction of sp³-hybridized carbons (Fsp3) is 0.421. The fourth-order valence-electron chi connectivity index (χ4n) is 3.02. The number of nitrogens with one attached hydrogen (secondary N) is 3. The van der Waals surface area contributed by atoms with Gasteiger partial charge in [-0.3, -0.25) is 9.59 Å². The van der Waals surface area contributed by atoms with Crippen molar-refractivity contribution in [1.82, 2.24) is 15.5 Å². The van der Waals surface area contributed by atoms with E-state index in [1.165, 1.54) is 6.08 Å². The van der Waals surface area contributed by atoms with Crippen molar-refractivity contribution >= 4 is 23.5 Å². The van der Waals surface area contributed by atoms with Gasteiger partial charge < -0.3 is 20.9 Å². The molecule has 0 spiro atoms. The van der Waals surface area contributed by atoms with Crippen molar-refractivity contribution in [3.63, 3.8) is 0 Å². The average Bonchev–Trinajstić information content (AvgIpc) is 2.67. The van der Waals surface area contributed by atoms with Gasteiger partial charge in [0.25, 0.3) is 0 Å². The van der Waals surface area contributed by atoms with Crippen molar-refractivity contribution in [2.75, 3.05) is 25.5 Å². The summed E-state index contributed by atoms with van der Waals surface area (Å²) in [5.41, 5.74) is 1.55. The van der Waals surface area contributed by atoms with Crippen LogP contribution in [0.15, 0.2) is 36.9 Å². The lowest BCUT2D eigenvalue weighted by Gasteiger charge is -2.36. The summed E-state index contributed by atoms with van der Waals surface area (Å²) < 4.78 is 0. The Labute approximate surface area is 153 Å². The molecule has 1 aliphatic heterocycles. The first-order chi connectivity index (χ1) is 12.5. The molecule has 4 amide bonds. The molecule has 1 aliphatic rings. The van der Waals surface area contributed by atoms with E-state index in [9.17, 15) is 14.4 Å². The molecule has 7 heteroatoms. The lowest BCUT2D eigenvalue weighted by atomic mass is 10.0. The molecular weight excluding hydrogens is 332 g/mol. The van der Waals surface area contributed by atoms with Crippen molar-refractivity contribution < 1.29 is 14.4 Å². The van der Waals surface area contributed by atoms with Crippen molar-refractivity contribution in [1.29, 1.82) is 0 Å². The van der Waals surface area contributed by atoms with Crippen LogP contribution in [0, 0.1) is 0 Å². The molecule has 3 N–H and O–H groups in total. The van der Waals surface area contributed by atoms with E-state index in [1.54, 1.807) is 19.2 Å². The van der Waals surface area contributed by atoms with E-state index in [4.69, 9.17) is 0 Å². The molecule has 1 unspecified atom stereocenters. The highest BCUT2D eigenvalue weighted by Crippen LogP contribution is 2.19. The van der Waals surface area contributed by atoms with Crippen LogP contribution < -0.4 is 16.0 Å². The van der Waals surface area contributed by atoms with Gasteiger partial charge in [0, 0.05) is 31.9 Å². The van der Waals surface area contributed by atoms with Crippen molar-refractivity contribution in [2.24, 2.45) is 0 Å². The van der Waals surface area contributed by atoms with Crippen molar-refractivity contribution in [2.45, 2.75) is 31.7 Å². The molecule has 1 aromatic rings. The van der Waals surface area contributed by atoms with Crippen LogP contribution in [0.5, 0.6) is 0 Å². The Hall–Kier alpha value is -2.83. The fourth-order valence-corrected chi connectivity index (χ4v) is 3.02. The number of carbonyl (C=O) groups excluding carboxylic acids is 3. The molecule has 2 rings (SSSR count). The number of urea groups is 1. The Balaban J connectivity index is 1.94. The number of anilines is 1. The smallest absolute Gasteiger partial charge is 0.314 e. The summed E-state index contributed by atoms with van der Waals surface area (Å²) in [5, 5.41) is 7.99. The zero-order valence-corrected chi connectivity index (χ0v) is 15.1. The monoisotopic (exact) mass is 358 g/mol. The number of hydrogen-bond acceptors (Lipinski definition) is 3. The number of rotatable bonds is 6. The minimum atomic E-state index is -0.270. The van der Waals surface area contributed by atoms with Crippen molar-refractivity contribution in [3.8, 4) is 0 Å². The second-order valence-electron chi connectivity index (χ2n) is 6.26. The summed E-state index contributed by atoms with van der Waals surface area (Å²) in [6.45, 7) is 4.58. The standard InChI is InChI=1S/C19H26N4O3/c1-3-17(24)22-15-9-7-14(8-10-15)12-18(25)23-11-5-4-6-16(23)13-21-19(26)20-2/h3,7-10,16H,1,4-6,11-13H2,2H3,(H,22,24)(H2,20,21,26). The maximum atomic E-state index is 12.7. The van der Waals surface area contributed by atoms with Gasteiger partial charge in [-0.1, -0.05) is 18.7 Å². The molecule has 7 nitrogen and oxygen atoms in total. The third-order valence-corrected chi connectivity index (χ3v) is 4.44. The van der Waals surface area contributed by atoms with Crippen molar-refractivity contribution in [3.05, 3.63) is 42.5 Å². The summed E-state index contributed by atoms with van der Waals surface area (Å²) in [6, 6.07) is 6.99. The van der Waals surface area contributed by atoms with Gasteiger partial charge in [0.05, 0.1) is 6.42 Å². The van der Waals surface area contributed by atoms with Crippen LogP contribution in [0.1, 0.15) is 24.8 Å². The van der Waals surface area contributed by atoms with Crippen LogP contribution in [-0.2, 0) is 16.0 Å². The van der Waals surface area contributed by atoms with Gasteiger partial charge >= 0.3 is 6.03 Å². The zero-order valence-electron chi connectivity index (χ0n) is 15.1. The second kappa shape index (κ2) is 9.60. The molecule has 1 atom stereocenters.